The molecule has 0 spiro atoms. The van der Waals surface area contributed by atoms with Crippen LogP contribution in [0, 0.1) is 5.82 Å². The van der Waals surface area contributed by atoms with Crippen molar-refractivity contribution in [3.05, 3.63) is 48.0 Å². The third-order valence-corrected chi connectivity index (χ3v) is 3.24. The highest BCUT2D eigenvalue weighted by atomic mass is 19.1. The Kier molecular flexibility index (Phi) is 5.62. The fourth-order valence-electron chi connectivity index (χ4n) is 2.17. The number of carbonyl (C=O) groups is 1. The minimum absolute atomic E-state index is 0.256. The van der Waals surface area contributed by atoms with Crippen LogP contribution in [0.5, 0.6) is 0 Å². The number of furan rings is 1. The quantitative estimate of drug-likeness (QED) is 0.877. The number of alkyl carbamates (subject to hydrolysis) is 1. The molecule has 0 bridgehead atoms. The largest absolute Gasteiger partial charge is 0.461 e. The molecule has 3 N–H and O–H groups in total. The van der Waals surface area contributed by atoms with Crippen LogP contribution in [0.25, 0.3) is 11.3 Å². The van der Waals surface area contributed by atoms with Crippen LogP contribution in [0.1, 0.15) is 26.5 Å². The summed E-state index contributed by atoms with van der Waals surface area (Å²) in [6.07, 6.45) is -0.0695. The number of nitrogens with one attached hydrogen (secondary N) is 1. The Bertz CT molecular complexity index is 674. The van der Waals surface area contributed by atoms with E-state index in [1.807, 2.05) is 12.1 Å². The van der Waals surface area contributed by atoms with Crippen molar-refractivity contribution >= 4 is 6.09 Å². The van der Waals surface area contributed by atoms with E-state index in [0.29, 0.717) is 17.9 Å². The summed E-state index contributed by atoms with van der Waals surface area (Å²) >= 11 is 0. The zero-order chi connectivity index (χ0) is 17.7. The monoisotopic (exact) mass is 334 g/mol. The van der Waals surface area contributed by atoms with E-state index in [4.69, 9.17) is 14.9 Å². The Balaban J connectivity index is 1.99. The highest BCUT2D eigenvalue weighted by Crippen LogP contribution is 2.23. The fraction of sp³-hybridized carbons (Fsp3) is 0.389. The number of halogens is 1. The number of hydrogen-bond donors (Lipinski definition) is 2. The van der Waals surface area contributed by atoms with Crippen molar-refractivity contribution in [1.29, 1.82) is 0 Å². The van der Waals surface area contributed by atoms with Crippen molar-refractivity contribution in [2.75, 3.05) is 6.54 Å². The maximum Gasteiger partial charge on any atom is 0.407 e. The van der Waals surface area contributed by atoms with Gasteiger partial charge in [-0.2, -0.15) is 0 Å². The molecule has 0 aliphatic rings. The van der Waals surface area contributed by atoms with Gasteiger partial charge in [-0.3, -0.25) is 0 Å². The Morgan fingerprint density at radius 1 is 1.25 bits per heavy atom. The molecular formula is C18H23FN2O3. The van der Waals surface area contributed by atoms with Crippen LogP contribution < -0.4 is 11.1 Å². The second kappa shape index (κ2) is 7.49. The molecule has 1 amide bonds. The summed E-state index contributed by atoms with van der Waals surface area (Å²) in [6, 6.07) is 9.39. The van der Waals surface area contributed by atoms with Gasteiger partial charge >= 0.3 is 6.09 Å². The molecule has 1 aromatic carbocycles. The molecule has 0 fully saturated rings. The zero-order valence-electron chi connectivity index (χ0n) is 14.1. The Morgan fingerprint density at radius 3 is 2.50 bits per heavy atom. The van der Waals surface area contributed by atoms with Gasteiger partial charge in [0.1, 0.15) is 22.9 Å². The number of carbonyl (C=O) groups excluding carboxylic acids is 1. The summed E-state index contributed by atoms with van der Waals surface area (Å²) in [5.41, 5.74) is 5.93. The van der Waals surface area contributed by atoms with E-state index in [1.165, 1.54) is 12.1 Å². The molecule has 130 valence electrons. The molecule has 5 nitrogen and oxygen atoms in total. The Morgan fingerprint density at radius 2 is 1.92 bits per heavy atom. The lowest BCUT2D eigenvalue weighted by atomic mass is 10.1. The fourth-order valence-corrected chi connectivity index (χ4v) is 2.17. The van der Waals surface area contributed by atoms with Gasteiger partial charge in [-0.05, 0) is 57.2 Å². The van der Waals surface area contributed by atoms with E-state index in [0.717, 1.165) is 5.56 Å². The lowest BCUT2D eigenvalue weighted by Crippen LogP contribution is -2.44. The number of hydrogen-bond acceptors (Lipinski definition) is 4. The van der Waals surface area contributed by atoms with Crippen LogP contribution in [0.15, 0.2) is 40.8 Å². The summed E-state index contributed by atoms with van der Waals surface area (Å²) in [7, 11) is 0. The third kappa shape index (κ3) is 5.38. The molecule has 6 heteroatoms. The highest BCUT2D eigenvalue weighted by Gasteiger charge is 2.20. The number of nitrogens with two attached hydrogens (primary N) is 1. The van der Waals surface area contributed by atoms with E-state index in [1.54, 1.807) is 32.9 Å². The molecule has 24 heavy (non-hydrogen) atoms. The first-order chi connectivity index (χ1) is 11.3. The van der Waals surface area contributed by atoms with Crippen LogP contribution in [0.3, 0.4) is 0 Å². The molecule has 1 heterocycles. The Hall–Kier alpha value is -2.34. The molecule has 0 aliphatic heterocycles. The topological polar surface area (TPSA) is 77.5 Å². The molecule has 0 saturated heterocycles. The maximum atomic E-state index is 13.0. The van der Waals surface area contributed by atoms with Crippen molar-refractivity contribution in [1.82, 2.24) is 5.32 Å². The second-order valence-corrected chi connectivity index (χ2v) is 6.56. The van der Waals surface area contributed by atoms with Crippen LogP contribution in [-0.2, 0) is 11.2 Å². The molecule has 1 aromatic heterocycles. The lowest BCUT2D eigenvalue weighted by Gasteiger charge is -2.22. The van der Waals surface area contributed by atoms with Crippen LogP contribution >= 0.6 is 0 Å². The predicted molar refractivity (Wildman–Crippen MR) is 90.0 cm³/mol. The van der Waals surface area contributed by atoms with Crippen molar-refractivity contribution in [2.24, 2.45) is 5.73 Å². The summed E-state index contributed by atoms with van der Waals surface area (Å²) < 4.78 is 23.9. The smallest absolute Gasteiger partial charge is 0.407 e. The zero-order valence-corrected chi connectivity index (χ0v) is 14.1. The normalized spacial score (nSPS) is 12.7. The minimum atomic E-state index is -0.566. The van der Waals surface area contributed by atoms with E-state index in [2.05, 4.69) is 5.32 Å². The van der Waals surface area contributed by atoms with Crippen LogP contribution in [0.2, 0.25) is 0 Å². The molecule has 1 unspecified atom stereocenters. The summed E-state index contributed by atoms with van der Waals surface area (Å²) in [6.45, 7) is 5.65. The summed E-state index contributed by atoms with van der Waals surface area (Å²) in [4.78, 5) is 11.8. The first kappa shape index (κ1) is 18.0. The SMILES string of the molecule is CC(C)(C)OC(=O)NC(CN)Cc1ccc(-c2ccc(F)cc2)o1. The van der Waals surface area contributed by atoms with E-state index in [-0.39, 0.29) is 18.4 Å². The molecular weight excluding hydrogens is 311 g/mol. The first-order valence-corrected chi connectivity index (χ1v) is 7.81. The third-order valence-electron chi connectivity index (χ3n) is 3.24. The Labute approximate surface area is 141 Å². The molecule has 0 aliphatic carbocycles. The lowest BCUT2D eigenvalue weighted by molar-refractivity contribution is 0.0505. The number of benzene rings is 1. The molecule has 2 rings (SSSR count). The number of ether oxygens (including phenoxy) is 1. The van der Waals surface area contributed by atoms with Gasteiger partial charge in [-0.25, -0.2) is 9.18 Å². The van der Waals surface area contributed by atoms with E-state index in [9.17, 15) is 9.18 Å². The van der Waals surface area contributed by atoms with Crippen molar-refractivity contribution in [3.8, 4) is 11.3 Å². The van der Waals surface area contributed by atoms with Gasteiger partial charge < -0.3 is 20.2 Å². The molecule has 2 aromatic rings. The number of amides is 1. The standard InChI is InChI=1S/C18H23FN2O3/c1-18(2,3)24-17(22)21-14(11-20)10-15-8-9-16(23-15)12-4-6-13(19)7-5-12/h4-9,14H,10-11,20H2,1-3H3,(H,21,22). The van der Waals surface area contributed by atoms with Gasteiger partial charge in [-0.15, -0.1) is 0 Å². The average molecular weight is 334 g/mol. The van der Waals surface area contributed by atoms with Crippen LogP contribution in [-0.4, -0.2) is 24.3 Å². The molecule has 0 radical (unpaired) electrons. The van der Waals surface area contributed by atoms with E-state index < -0.39 is 11.7 Å². The first-order valence-electron chi connectivity index (χ1n) is 7.81. The van der Waals surface area contributed by atoms with Gasteiger partial charge in [-0.1, -0.05) is 0 Å². The van der Waals surface area contributed by atoms with E-state index >= 15 is 0 Å². The van der Waals surface area contributed by atoms with Crippen molar-refractivity contribution < 1.29 is 18.3 Å². The highest BCUT2D eigenvalue weighted by molar-refractivity contribution is 5.68. The predicted octanol–water partition coefficient (Wildman–Crippen LogP) is 3.48. The second-order valence-electron chi connectivity index (χ2n) is 6.56. The number of rotatable bonds is 5. The van der Waals surface area contributed by atoms with Crippen LogP contribution in [0.4, 0.5) is 9.18 Å². The molecule has 1 atom stereocenters. The average Bonchev–Trinajstić information content (AvgIpc) is 2.94. The minimum Gasteiger partial charge on any atom is -0.461 e. The van der Waals surface area contributed by atoms with Crippen molar-refractivity contribution in [2.45, 2.75) is 38.8 Å². The summed E-state index contributed by atoms with van der Waals surface area (Å²) in [5, 5.41) is 2.73. The van der Waals surface area contributed by atoms with Gasteiger partial charge in [0.15, 0.2) is 0 Å². The van der Waals surface area contributed by atoms with Gasteiger partial charge in [0, 0.05) is 18.5 Å². The van der Waals surface area contributed by atoms with Gasteiger partial charge in [0.2, 0.25) is 0 Å². The maximum absolute atomic E-state index is 13.0. The summed E-state index contributed by atoms with van der Waals surface area (Å²) in [5.74, 6) is 1.02. The van der Waals surface area contributed by atoms with Gasteiger partial charge in [0.25, 0.3) is 0 Å². The van der Waals surface area contributed by atoms with Crippen molar-refractivity contribution in [3.63, 3.8) is 0 Å². The van der Waals surface area contributed by atoms with Gasteiger partial charge in [0.05, 0.1) is 6.04 Å². The molecule has 0 saturated carbocycles.